The van der Waals surface area contributed by atoms with Crippen LogP contribution in [0.4, 0.5) is 5.95 Å². The summed E-state index contributed by atoms with van der Waals surface area (Å²) in [6.45, 7) is 2.16. The van der Waals surface area contributed by atoms with Crippen LogP contribution in [-0.2, 0) is 9.53 Å². The van der Waals surface area contributed by atoms with E-state index in [1.54, 1.807) is 13.3 Å². The highest BCUT2D eigenvalue weighted by Gasteiger charge is 2.23. The van der Waals surface area contributed by atoms with Crippen molar-refractivity contribution in [3.8, 4) is 0 Å². The molecule has 0 radical (unpaired) electrons. The summed E-state index contributed by atoms with van der Waals surface area (Å²) in [6.07, 6.45) is 5.52. The predicted octanol–water partition coefficient (Wildman–Crippen LogP) is 0.916. The molecule has 0 bridgehead atoms. The van der Waals surface area contributed by atoms with Gasteiger partial charge in [0.2, 0.25) is 5.95 Å². The van der Waals surface area contributed by atoms with Gasteiger partial charge in [-0.2, -0.15) is 4.98 Å². The molecule has 3 rings (SSSR count). The zero-order valence-corrected chi connectivity index (χ0v) is 12.2. The van der Waals surface area contributed by atoms with Gasteiger partial charge in [0.1, 0.15) is 0 Å². The highest BCUT2D eigenvalue weighted by Crippen LogP contribution is 2.29. The Hall–Kier alpha value is -2.64. The number of esters is 1. The van der Waals surface area contributed by atoms with Crippen molar-refractivity contribution in [2.75, 3.05) is 12.3 Å². The Morgan fingerprint density at radius 1 is 1.59 bits per heavy atom. The normalized spacial score (nSPS) is 18.2. The molecule has 3 N–H and O–H groups in total. The van der Waals surface area contributed by atoms with Gasteiger partial charge in [-0.3, -0.25) is 9.78 Å². The molecule has 1 aliphatic rings. The number of ether oxygens (including phenoxy) is 1. The number of H-pyrrole nitrogens is 1. The fourth-order valence-electron chi connectivity index (χ4n) is 2.69. The van der Waals surface area contributed by atoms with Crippen LogP contribution in [0.3, 0.4) is 0 Å². The number of hydrogen-bond acceptors (Lipinski definition) is 6. The van der Waals surface area contributed by atoms with E-state index in [4.69, 9.17) is 10.5 Å². The van der Waals surface area contributed by atoms with Crippen molar-refractivity contribution in [2.24, 2.45) is 0 Å². The van der Waals surface area contributed by atoms with Crippen LogP contribution in [0.1, 0.15) is 32.2 Å². The second-order valence-electron chi connectivity index (χ2n) is 5.15. The smallest absolute Gasteiger partial charge is 0.333 e. The monoisotopic (exact) mass is 303 g/mol. The number of fused-ring (bicyclic) bond motifs is 1. The van der Waals surface area contributed by atoms with E-state index in [1.807, 2.05) is 10.6 Å². The fourth-order valence-corrected chi connectivity index (χ4v) is 2.69. The molecule has 0 fully saturated rings. The largest absolute Gasteiger partial charge is 0.463 e. The number of aromatic amines is 1. The molecule has 0 saturated heterocycles. The molecule has 8 nitrogen and oxygen atoms in total. The number of carbonyl (C=O) groups excluding carboxylic acids is 1. The number of nitrogen functional groups attached to an aromatic ring is 1. The average Bonchev–Trinajstić information content (AvgIpc) is 2.91. The summed E-state index contributed by atoms with van der Waals surface area (Å²) in [5.41, 5.74) is 6.69. The first-order chi connectivity index (χ1) is 10.6. The molecule has 0 saturated carbocycles. The summed E-state index contributed by atoms with van der Waals surface area (Å²) in [6, 6.07) is 0.0943. The molecule has 0 amide bonds. The van der Waals surface area contributed by atoms with Crippen LogP contribution in [0, 0.1) is 0 Å². The average molecular weight is 303 g/mol. The molecule has 2 aromatic rings. The lowest BCUT2D eigenvalue weighted by Crippen LogP contribution is -2.18. The Morgan fingerprint density at radius 2 is 2.41 bits per heavy atom. The molecule has 1 aliphatic carbocycles. The molecule has 0 spiro atoms. The molecule has 116 valence electrons. The number of nitrogens with two attached hydrogens (primary N) is 1. The molecule has 8 heteroatoms. The van der Waals surface area contributed by atoms with E-state index in [9.17, 15) is 9.59 Å². The number of nitrogens with zero attached hydrogens (tertiary/aromatic N) is 3. The maximum atomic E-state index is 11.8. The maximum absolute atomic E-state index is 11.8. The lowest BCUT2D eigenvalue weighted by atomic mass is 9.95. The number of allylic oxidation sites excluding steroid dienone is 1. The number of rotatable bonds is 3. The van der Waals surface area contributed by atoms with E-state index >= 15 is 0 Å². The van der Waals surface area contributed by atoms with Gasteiger partial charge >= 0.3 is 5.97 Å². The number of nitrogens with one attached hydrogen (secondary N) is 1. The zero-order valence-electron chi connectivity index (χ0n) is 12.2. The van der Waals surface area contributed by atoms with Crippen molar-refractivity contribution in [2.45, 2.75) is 32.2 Å². The lowest BCUT2D eigenvalue weighted by Gasteiger charge is -2.22. The number of carbonyl (C=O) groups is 1. The highest BCUT2D eigenvalue weighted by atomic mass is 16.5. The van der Waals surface area contributed by atoms with Crippen LogP contribution >= 0.6 is 0 Å². The minimum absolute atomic E-state index is 0.0674. The molecule has 2 aromatic heterocycles. The summed E-state index contributed by atoms with van der Waals surface area (Å²) in [7, 11) is 0. The van der Waals surface area contributed by atoms with Crippen molar-refractivity contribution >= 4 is 23.1 Å². The van der Waals surface area contributed by atoms with Gasteiger partial charge in [0.05, 0.1) is 12.9 Å². The molecule has 1 atom stereocenters. The number of aromatic nitrogens is 4. The molecular formula is C14H17N5O3. The third kappa shape index (κ3) is 2.47. The number of hydrogen-bond donors (Lipinski definition) is 2. The first kappa shape index (κ1) is 14.3. The Bertz CT molecular complexity index is 804. The Morgan fingerprint density at radius 3 is 3.09 bits per heavy atom. The minimum Gasteiger partial charge on any atom is -0.463 e. The van der Waals surface area contributed by atoms with Crippen LogP contribution in [0.5, 0.6) is 0 Å². The first-order valence-electron chi connectivity index (χ1n) is 7.18. The van der Waals surface area contributed by atoms with Crippen LogP contribution < -0.4 is 11.3 Å². The van der Waals surface area contributed by atoms with Gasteiger partial charge in [0.15, 0.2) is 11.2 Å². The second kappa shape index (κ2) is 5.63. The van der Waals surface area contributed by atoms with Gasteiger partial charge in [-0.1, -0.05) is 6.08 Å². The highest BCUT2D eigenvalue weighted by molar-refractivity contribution is 5.88. The fraction of sp³-hybridized carbons (Fsp3) is 0.429. The third-order valence-electron chi connectivity index (χ3n) is 3.76. The molecule has 22 heavy (non-hydrogen) atoms. The lowest BCUT2D eigenvalue weighted by molar-refractivity contribution is -0.138. The van der Waals surface area contributed by atoms with E-state index in [0.717, 1.165) is 6.42 Å². The van der Waals surface area contributed by atoms with E-state index in [0.29, 0.717) is 30.7 Å². The van der Waals surface area contributed by atoms with Crippen LogP contribution in [0.15, 0.2) is 22.8 Å². The van der Waals surface area contributed by atoms with Gasteiger partial charge in [-0.15, -0.1) is 0 Å². The Labute approximate surface area is 126 Å². The zero-order chi connectivity index (χ0) is 15.7. The SMILES string of the molecule is CCOC(=O)C1=CCC(n2cnc3c(=O)[nH]c(N)nc32)CC1. The molecule has 2 heterocycles. The quantitative estimate of drug-likeness (QED) is 0.814. The van der Waals surface area contributed by atoms with Crippen molar-refractivity contribution in [1.29, 1.82) is 0 Å². The third-order valence-corrected chi connectivity index (χ3v) is 3.76. The van der Waals surface area contributed by atoms with Crippen LogP contribution in [0.2, 0.25) is 0 Å². The standard InChI is InChI=1S/C14H17N5O3/c1-2-22-13(21)8-3-5-9(6-4-8)19-7-16-10-11(19)17-14(15)18-12(10)20/h3,7,9H,2,4-6H2,1H3,(H3,15,17,18,20). The van der Waals surface area contributed by atoms with E-state index in [2.05, 4.69) is 15.0 Å². The van der Waals surface area contributed by atoms with Crippen molar-refractivity contribution in [3.63, 3.8) is 0 Å². The van der Waals surface area contributed by atoms with Crippen molar-refractivity contribution < 1.29 is 9.53 Å². The van der Waals surface area contributed by atoms with Gasteiger partial charge in [0, 0.05) is 11.6 Å². The summed E-state index contributed by atoms with van der Waals surface area (Å²) in [5.74, 6) is -0.187. The van der Waals surface area contributed by atoms with Crippen LogP contribution in [-0.4, -0.2) is 32.1 Å². The predicted molar refractivity (Wildman–Crippen MR) is 80.2 cm³/mol. The topological polar surface area (TPSA) is 116 Å². The number of imidazole rings is 1. The molecule has 1 unspecified atom stereocenters. The van der Waals surface area contributed by atoms with Crippen molar-refractivity contribution in [3.05, 3.63) is 28.3 Å². The van der Waals surface area contributed by atoms with E-state index < -0.39 is 0 Å². The molecule has 0 aromatic carbocycles. The summed E-state index contributed by atoms with van der Waals surface area (Å²) >= 11 is 0. The molecule has 0 aliphatic heterocycles. The van der Waals surface area contributed by atoms with Gasteiger partial charge in [0.25, 0.3) is 5.56 Å². The summed E-state index contributed by atoms with van der Waals surface area (Å²) < 4.78 is 6.85. The summed E-state index contributed by atoms with van der Waals surface area (Å²) in [4.78, 5) is 34.2. The Kier molecular flexibility index (Phi) is 3.66. The Balaban J connectivity index is 1.88. The summed E-state index contributed by atoms with van der Waals surface area (Å²) in [5, 5.41) is 0. The second-order valence-corrected chi connectivity index (χ2v) is 5.15. The minimum atomic E-state index is -0.347. The van der Waals surface area contributed by atoms with E-state index in [1.165, 1.54) is 0 Å². The van der Waals surface area contributed by atoms with Crippen LogP contribution in [0.25, 0.3) is 11.2 Å². The molecular weight excluding hydrogens is 286 g/mol. The van der Waals surface area contributed by atoms with Crippen molar-refractivity contribution in [1.82, 2.24) is 19.5 Å². The van der Waals surface area contributed by atoms with E-state index in [-0.39, 0.29) is 29.0 Å². The first-order valence-corrected chi connectivity index (χ1v) is 7.18. The van der Waals surface area contributed by atoms with Gasteiger partial charge < -0.3 is 15.0 Å². The number of anilines is 1. The van der Waals surface area contributed by atoms with Gasteiger partial charge in [-0.05, 0) is 26.2 Å². The van der Waals surface area contributed by atoms with Gasteiger partial charge in [-0.25, -0.2) is 9.78 Å². The maximum Gasteiger partial charge on any atom is 0.333 e.